The van der Waals surface area contributed by atoms with E-state index in [1.165, 1.54) is 0 Å². The van der Waals surface area contributed by atoms with Crippen molar-refractivity contribution >= 4 is 35.0 Å². The Morgan fingerprint density at radius 2 is 1.87 bits per heavy atom. The number of nitrogens with zero attached hydrogens (tertiary/aromatic N) is 1. The number of anilines is 2. The van der Waals surface area contributed by atoms with Gasteiger partial charge in [0.15, 0.2) is 0 Å². The summed E-state index contributed by atoms with van der Waals surface area (Å²) >= 11 is 0. The Bertz CT molecular complexity index is 1050. The molecule has 8 nitrogen and oxygen atoms in total. The van der Waals surface area contributed by atoms with Crippen molar-refractivity contribution in [3.05, 3.63) is 59.2 Å². The first-order chi connectivity index (χ1) is 14.5. The van der Waals surface area contributed by atoms with Crippen LogP contribution in [0.2, 0.25) is 0 Å². The van der Waals surface area contributed by atoms with Crippen LogP contribution in [-0.4, -0.2) is 41.1 Å². The molecule has 1 atom stereocenters. The smallest absolute Gasteiger partial charge is 0.262 e. The predicted molar refractivity (Wildman–Crippen MR) is 111 cm³/mol. The van der Waals surface area contributed by atoms with Crippen LogP contribution in [0, 0.1) is 0 Å². The van der Waals surface area contributed by atoms with Crippen molar-refractivity contribution in [1.82, 2.24) is 10.2 Å². The number of aryl methyl sites for hydroxylation is 1. The van der Waals surface area contributed by atoms with Crippen LogP contribution in [-0.2, 0) is 16.0 Å². The van der Waals surface area contributed by atoms with Gasteiger partial charge in [0.1, 0.15) is 6.04 Å². The number of hydrogen-bond donors (Lipinski definition) is 3. The summed E-state index contributed by atoms with van der Waals surface area (Å²) in [6.45, 7) is 0.673. The van der Waals surface area contributed by atoms with Gasteiger partial charge in [0.05, 0.1) is 11.1 Å². The van der Waals surface area contributed by atoms with Crippen molar-refractivity contribution in [2.24, 2.45) is 0 Å². The lowest BCUT2D eigenvalue weighted by Gasteiger charge is -2.27. The Morgan fingerprint density at radius 3 is 2.63 bits per heavy atom. The van der Waals surface area contributed by atoms with Gasteiger partial charge in [-0.1, -0.05) is 18.2 Å². The molecule has 0 saturated carbocycles. The van der Waals surface area contributed by atoms with Gasteiger partial charge < -0.3 is 11.1 Å². The lowest BCUT2D eigenvalue weighted by atomic mass is 9.99. The number of benzene rings is 2. The predicted octanol–water partition coefficient (Wildman–Crippen LogP) is 1.71. The summed E-state index contributed by atoms with van der Waals surface area (Å²) in [6.07, 6.45) is 1.59. The second-order valence-corrected chi connectivity index (χ2v) is 7.44. The number of nitrogens with two attached hydrogens (primary N) is 1. The fraction of sp³-hybridized carbons (Fsp3) is 0.273. The Balaban J connectivity index is 1.46. The van der Waals surface area contributed by atoms with Gasteiger partial charge in [0, 0.05) is 24.3 Å². The summed E-state index contributed by atoms with van der Waals surface area (Å²) in [4.78, 5) is 50.5. The summed E-state index contributed by atoms with van der Waals surface area (Å²) in [6, 6.07) is 11.7. The first kappa shape index (κ1) is 19.6. The van der Waals surface area contributed by atoms with E-state index in [4.69, 9.17) is 5.73 Å². The van der Waals surface area contributed by atoms with E-state index < -0.39 is 23.8 Å². The van der Waals surface area contributed by atoms with E-state index in [0.29, 0.717) is 29.8 Å². The fourth-order valence-electron chi connectivity index (χ4n) is 3.95. The second-order valence-electron chi connectivity index (χ2n) is 7.44. The SMILES string of the molecule is Nc1cccc(NCCCc2cccc3c2C(=O)N(C2CCC(=O)NC2=O)C3=O)c1. The molecule has 4 N–H and O–H groups in total. The fourth-order valence-corrected chi connectivity index (χ4v) is 3.95. The van der Waals surface area contributed by atoms with Gasteiger partial charge in [0.25, 0.3) is 11.8 Å². The van der Waals surface area contributed by atoms with Gasteiger partial charge in [-0.15, -0.1) is 0 Å². The summed E-state index contributed by atoms with van der Waals surface area (Å²) in [7, 11) is 0. The van der Waals surface area contributed by atoms with Crippen molar-refractivity contribution in [2.45, 2.75) is 31.7 Å². The standard InChI is InChI=1S/C22H22N4O4/c23-14-6-2-7-15(12-14)24-11-3-5-13-4-1-8-16-19(13)22(30)26(21(16)29)17-9-10-18(27)25-20(17)28/h1-2,4,6-8,12,17,24H,3,5,9-11,23H2,(H,25,27,28). The molecule has 1 unspecified atom stereocenters. The minimum atomic E-state index is -0.951. The number of rotatable bonds is 6. The summed E-state index contributed by atoms with van der Waals surface area (Å²) in [5.41, 5.74) is 8.82. The Hall–Kier alpha value is -3.68. The molecular formula is C22H22N4O4. The molecule has 0 aromatic heterocycles. The largest absolute Gasteiger partial charge is 0.399 e. The molecule has 8 heteroatoms. The highest BCUT2D eigenvalue weighted by atomic mass is 16.2. The highest BCUT2D eigenvalue weighted by Crippen LogP contribution is 2.30. The van der Waals surface area contributed by atoms with Crippen LogP contribution in [0.1, 0.15) is 45.5 Å². The Labute approximate surface area is 173 Å². The molecule has 2 aromatic rings. The van der Waals surface area contributed by atoms with Crippen LogP contribution >= 0.6 is 0 Å². The second kappa shape index (κ2) is 7.98. The first-order valence-electron chi connectivity index (χ1n) is 9.88. The minimum absolute atomic E-state index is 0.104. The molecule has 0 bridgehead atoms. The normalized spacial score (nSPS) is 18.4. The number of nitrogen functional groups attached to an aromatic ring is 1. The van der Waals surface area contributed by atoms with Gasteiger partial charge in [-0.2, -0.15) is 0 Å². The van der Waals surface area contributed by atoms with Crippen LogP contribution in [0.4, 0.5) is 11.4 Å². The minimum Gasteiger partial charge on any atom is -0.399 e. The number of carbonyl (C=O) groups is 4. The van der Waals surface area contributed by atoms with E-state index in [1.807, 2.05) is 30.3 Å². The zero-order valence-electron chi connectivity index (χ0n) is 16.3. The molecule has 4 amide bonds. The first-order valence-corrected chi connectivity index (χ1v) is 9.88. The monoisotopic (exact) mass is 406 g/mol. The number of piperidine rings is 1. The van der Waals surface area contributed by atoms with Crippen molar-refractivity contribution in [3.8, 4) is 0 Å². The molecule has 0 aliphatic carbocycles. The van der Waals surface area contributed by atoms with Crippen LogP contribution in [0.3, 0.4) is 0 Å². The molecule has 0 radical (unpaired) electrons. The number of carbonyl (C=O) groups excluding carboxylic acids is 4. The zero-order valence-corrected chi connectivity index (χ0v) is 16.3. The maximum absolute atomic E-state index is 13.1. The molecule has 1 fully saturated rings. The highest BCUT2D eigenvalue weighted by molar-refractivity contribution is 6.24. The van der Waals surface area contributed by atoms with Gasteiger partial charge in [-0.25, -0.2) is 0 Å². The average Bonchev–Trinajstić information content (AvgIpc) is 2.97. The average molecular weight is 406 g/mol. The third-order valence-corrected chi connectivity index (χ3v) is 5.39. The molecule has 2 aliphatic rings. The number of fused-ring (bicyclic) bond motifs is 1. The third kappa shape index (κ3) is 3.63. The van der Waals surface area contributed by atoms with Gasteiger partial charge >= 0.3 is 0 Å². The van der Waals surface area contributed by atoms with Gasteiger partial charge in [0.2, 0.25) is 11.8 Å². The van der Waals surface area contributed by atoms with Crippen molar-refractivity contribution < 1.29 is 19.2 Å². The van der Waals surface area contributed by atoms with Gasteiger partial charge in [-0.3, -0.25) is 29.4 Å². The maximum Gasteiger partial charge on any atom is 0.262 e. The van der Waals surface area contributed by atoms with Crippen molar-refractivity contribution in [3.63, 3.8) is 0 Å². The van der Waals surface area contributed by atoms with E-state index in [-0.39, 0.29) is 18.7 Å². The summed E-state index contributed by atoms with van der Waals surface area (Å²) < 4.78 is 0. The molecule has 4 rings (SSSR count). The van der Waals surface area contributed by atoms with Gasteiger partial charge in [-0.05, 0) is 49.1 Å². The van der Waals surface area contributed by atoms with E-state index in [9.17, 15) is 19.2 Å². The summed E-state index contributed by atoms with van der Waals surface area (Å²) in [5.74, 6) is -1.94. The molecule has 2 heterocycles. The van der Waals surface area contributed by atoms with Crippen molar-refractivity contribution in [1.29, 1.82) is 0 Å². The number of imide groups is 2. The highest BCUT2D eigenvalue weighted by Gasteiger charge is 2.45. The molecule has 2 aromatic carbocycles. The van der Waals surface area contributed by atoms with Crippen LogP contribution in [0.25, 0.3) is 0 Å². The molecule has 2 aliphatic heterocycles. The van der Waals surface area contributed by atoms with Crippen LogP contribution < -0.4 is 16.4 Å². The van der Waals surface area contributed by atoms with E-state index in [0.717, 1.165) is 22.6 Å². The molecule has 154 valence electrons. The molecule has 0 spiro atoms. The number of hydrogen-bond acceptors (Lipinski definition) is 6. The van der Waals surface area contributed by atoms with E-state index in [1.54, 1.807) is 12.1 Å². The van der Waals surface area contributed by atoms with Crippen molar-refractivity contribution in [2.75, 3.05) is 17.6 Å². The van der Waals surface area contributed by atoms with Crippen LogP contribution in [0.15, 0.2) is 42.5 Å². The Kier molecular flexibility index (Phi) is 5.22. The molecule has 30 heavy (non-hydrogen) atoms. The number of amides is 4. The Morgan fingerprint density at radius 1 is 1.07 bits per heavy atom. The molecular weight excluding hydrogens is 384 g/mol. The quantitative estimate of drug-likeness (QED) is 0.381. The van der Waals surface area contributed by atoms with E-state index >= 15 is 0 Å². The lowest BCUT2D eigenvalue weighted by Crippen LogP contribution is -2.54. The lowest BCUT2D eigenvalue weighted by molar-refractivity contribution is -0.136. The third-order valence-electron chi connectivity index (χ3n) is 5.39. The maximum atomic E-state index is 13.1. The van der Waals surface area contributed by atoms with Crippen LogP contribution in [0.5, 0.6) is 0 Å². The summed E-state index contributed by atoms with van der Waals surface area (Å²) in [5, 5.41) is 5.50. The van der Waals surface area contributed by atoms with E-state index in [2.05, 4.69) is 10.6 Å². The molecule has 1 saturated heterocycles. The number of nitrogens with one attached hydrogen (secondary N) is 2. The topological polar surface area (TPSA) is 122 Å². The zero-order chi connectivity index (χ0) is 21.3.